The van der Waals surface area contributed by atoms with E-state index < -0.39 is 0 Å². The van der Waals surface area contributed by atoms with Crippen LogP contribution in [0.2, 0.25) is 0 Å². The molecule has 1 N–H and O–H groups in total. The van der Waals surface area contributed by atoms with E-state index in [1.165, 1.54) is 0 Å². The predicted octanol–water partition coefficient (Wildman–Crippen LogP) is 2.95. The second kappa shape index (κ2) is 3.67. The second-order valence-corrected chi connectivity index (χ2v) is 5.21. The van der Waals surface area contributed by atoms with Crippen LogP contribution in [0.4, 0.5) is 5.13 Å². The maximum absolute atomic E-state index is 4.30. The van der Waals surface area contributed by atoms with Gasteiger partial charge in [-0.25, -0.2) is 9.97 Å². The SMILES string of the molecule is CC(C)(Nc1nccs1)c1nccs1. The molecule has 0 spiro atoms. The third-order valence-corrected chi connectivity index (χ3v) is 3.60. The molecule has 0 amide bonds. The first-order valence-electron chi connectivity index (χ1n) is 4.26. The molecule has 5 heteroatoms. The molecule has 2 rings (SSSR count). The largest absolute Gasteiger partial charge is 0.350 e. The minimum Gasteiger partial charge on any atom is -0.350 e. The van der Waals surface area contributed by atoms with E-state index in [4.69, 9.17) is 0 Å². The van der Waals surface area contributed by atoms with E-state index in [1.54, 1.807) is 28.9 Å². The third-order valence-electron chi connectivity index (χ3n) is 1.82. The number of hydrogen-bond donors (Lipinski definition) is 1. The molecular formula is C9H11N3S2. The Balaban J connectivity index is 2.17. The van der Waals surface area contributed by atoms with Crippen LogP contribution in [0, 0.1) is 0 Å². The van der Waals surface area contributed by atoms with Crippen LogP contribution in [-0.2, 0) is 5.54 Å². The third kappa shape index (κ3) is 1.93. The van der Waals surface area contributed by atoms with Gasteiger partial charge in [0.1, 0.15) is 5.01 Å². The van der Waals surface area contributed by atoms with Gasteiger partial charge in [-0.15, -0.1) is 22.7 Å². The van der Waals surface area contributed by atoms with Crippen molar-refractivity contribution >= 4 is 27.8 Å². The molecule has 2 aromatic rings. The van der Waals surface area contributed by atoms with E-state index in [0.717, 1.165) is 10.1 Å². The number of anilines is 1. The van der Waals surface area contributed by atoms with Gasteiger partial charge in [0.2, 0.25) is 0 Å². The first-order chi connectivity index (χ1) is 6.68. The van der Waals surface area contributed by atoms with E-state index in [9.17, 15) is 0 Å². The lowest BCUT2D eigenvalue weighted by Gasteiger charge is -2.23. The monoisotopic (exact) mass is 225 g/mol. The number of thiazole rings is 2. The molecule has 14 heavy (non-hydrogen) atoms. The molecule has 0 aliphatic carbocycles. The van der Waals surface area contributed by atoms with Gasteiger partial charge in [-0.05, 0) is 13.8 Å². The molecule has 0 radical (unpaired) electrons. The summed E-state index contributed by atoms with van der Waals surface area (Å²) in [5.41, 5.74) is -0.147. The van der Waals surface area contributed by atoms with Gasteiger partial charge >= 0.3 is 0 Å². The van der Waals surface area contributed by atoms with Crippen molar-refractivity contribution in [2.45, 2.75) is 19.4 Å². The molecule has 0 aliphatic rings. The molecule has 0 saturated heterocycles. The van der Waals surface area contributed by atoms with Crippen LogP contribution in [0.5, 0.6) is 0 Å². The highest BCUT2D eigenvalue weighted by Crippen LogP contribution is 2.27. The highest BCUT2D eigenvalue weighted by atomic mass is 32.1. The van der Waals surface area contributed by atoms with E-state index >= 15 is 0 Å². The zero-order valence-electron chi connectivity index (χ0n) is 8.02. The van der Waals surface area contributed by atoms with Crippen molar-refractivity contribution in [3.8, 4) is 0 Å². The van der Waals surface area contributed by atoms with Gasteiger partial charge in [0.05, 0.1) is 5.54 Å². The van der Waals surface area contributed by atoms with E-state index in [0.29, 0.717) is 0 Å². The van der Waals surface area contributed by atoms with Crippen LogP contribution in [-0.4, -0.2) is 9.97 Å². The van der Waals surface area contributed by atoms with Crippen molar-refractivity contribution in [2.75, 3.05) is 5.32 Å². The summed E-state index contributed by atoms with van der Waals surface area (Å²) >= 11 is 3.26. The smallest absolute Gasteiger partial charge is 0.183 e. The van der Waals surface area contributed by atoms with Crippen LogP contribution < -0.4 is 5.32 Å². The zero-order chi connectivity index (χ0) is 10.0. The summed E-state index contributed by atoms with van der Waals surface area (Å²) in [7, 11) is 0. The minimum absolute atomic E-state index is 0.147. The standard InChI is InChI=1S/C9H11N3S2/c1-9(2,7-10-3-5-13-7)12-8-11-4-6-14-8/h3-6H,1-2H3,(H,11,12). The molecule has 3 nitrogen and oxygen atoms in total. The summed E-state index contributed by atoms with van der Waals surface area (Å²) < 4.78 is 0. The maximum atomic E-state index is 4.30. The molecule has 0 unspecified atom stereocenters. The van der Waals surface area contributed by atoms with Gasteiger partial charge < -0.3 is 5.32 Å². The molecule has 0 fully saturated rings. The predicted molar refractivity (Wildman–Crippen MR) is 60.9 cm³/mol. The molecule has 0 aliphatic heterocycles. The van der Waals surface area contributed by atoms with Crippen molar-refractivity contribution in [2.24, 2.45) is 0 Å². The molecule has 0 bridgehead atoms. The van der Waals surface area contributed by atoms with Gasteiger partial charge in [0.25, 0.3) is 0 Å². The van der Waals surface area contributed by atoms with Crippen molar-refractivity contribution in [3.05, 3.63) is 28.2 Å². The summed E-state index contributed by atoms with van der Waals surface area (Å²) in [6, 6.07) is 0. The molecule has 0 aromatic carbocycles. The number of rotatable bonds is 3. The quantitative estimate of drug-likeness (QED) is 0.872. The molecule has 0 atom stereocenters. The average Bonchev–Trinajstić information content (AvgIpc) is 2.71. The fraction of sp³-hybridized carbons (Fsp3) is 0.333. The van der Waals surface area contributed by atoms with Gasteiger partial charge in [0.15, 0.2) is 5.13 Å². The summed E-state index contributed by atoms with van der Waals surface area (Å²) in [6.07, 6.45) is 3.62. The van der Waals surface area contributed by atoms with E-state index in [1.807, 2.05) is 17.0 Å². The van der Waals surface area contributed by atoms with Crippen LogP contribution in [0.1, 0.15) is 18.9 Å². The van der Waals surface area contributed by atoms with E-state index in [-0.39, 0.29) is 5.54 Å². The lowest BCUT2D eigenvalue weighted by atomic mass is 10.1. The first kappa shape index (κ1) is 9.61. The highest BCUT2D eigenvalue weighted by molar-refractivity contribution is 7.13. The van der Waals surface area contributed by atoms with Crippen molar-refractivity contribution in [1.82, 2.24) is 9.97 Å². The Morgan fingerprint density at radius 3 is 2.43 bits per heavy atom. The van der Waals surface area contributed by atoms with Crippen molar-refractivity contribution in [1.29, 1.82) is 0 Å². The summed E-state index contributed by atoms with van der Waals surface area (Å²) in [5.74, 6) is 0. The van der Waals surface area contributed by atoms with Gasteiger partial charge in [0, 0.05) is 23.2 Å². The summed E-state index contributed by atoms with van der Waals surface area (Å²) in [5, 5.41) is 9.31. The first-order valence-corrected chi connectivity index (χ1v) is 6.02. The van der Waals surface area contributed by atoms with Gasteiger partial charge in [-0.2, -0.15) is 0 Å². The molecule has 74 valence electrons. The fourth-order valence-electron chi connectivity index (χ4n) is 1.14. The number of nitrogens with zero attached hydrogens (tertiary/aromatic N) is 2. The Morgan fingerprint density at radius 2 is 1.86 bits per heavy atom. The molecule has 2 heterocycles. The summed E-state index contributed by atoms with van der Waals surface area (Å²) in [4.78, 5) is 8.50. The fourth-order valence-corrected chi connectivity index (χ4v) is 2.54. The summed E-state index contributed by atoms with van der Waals surface area (Å²) in [6.45, 7) is 4.21. The van der Waals surface area contributed by atoms with Crippen LogP contribution in [0.25, 0.3) is 0 Å². The highest BCUT2D eigenvalue weighted by Gasteiger charge is 2.23. The average molecular weight is 225 g/mol. The molecule has 0 saturated carbocycles. The van der Waals surface area contributed by atoms with E-state index in [2.05, 4.69) is 29.1 Å². The lowest BCUT2D eigenvalue weighted by Crippen LogP contribution is -2.27. The van der Waals surface area contributed by atoms with Gasteiger partial charge in [-0.1, -0.05) is 0 Å². The Bertz CT molecular complexity index is 378. The number of nitrogens with one attached hydrogen (secondary N) is 1. The van der Waals surface area contributed by atoms with Crippen LogP contribution >= 0.6 is 22.7 Å². The Kier molecular flexibility index (Phi) is 2.52. The maximum Gasteiger partial charge on any atom is 0.183 e. The van der Waals surface area contributed by atoms with Crippen LogP contribution in [0.3, 0.4) is 0 Å². The molecular weight excluding hydrogens is 214 g/mol. The van der Waals surface area contributed by atoms with Gasteiger partial charge in [-0.3, -0.25) is 0 Å². The normalized spacial score (nSPS) is 11.6. The van der Waals surface area contributed by atoms with Crippen molar-refractivity contribution in [3.63, 3.8) is 0 Å². The second-order valence-electron chi connectivity index (χ2n) is 3.42. The Labute approximate surface area is 90.9 Å². The topological polar surface area (TPSA) is 37.8 Å². The zero-order valence-corrected chi connectivity index (χ0v) is 9.65. The van der Waals surface area contributed by atoms with Crippen molar-refractivity contribution < 1.29 is 0 Å². The lowest BCUT2D eigenvalue weighted by molar-refractivity contribution is 0.603. The Hall–Kier alpha value is -0.940. The number of hydrogen-bond acceptors (Lipinski definition) is 5. The van der Waals surface area contributed by atoms with Crippen LogP contribution in [0.15, 0.2) is 23.2 Å². The number of aromatic nitrogens is 2. The Morgan fingerprint density at radius 1 is 1.14 bits per heavy atom. The molecule has 2 aromatic heterocycles. The minimum atomic E-state index is -0.147.